The van der Waals surface area contributed by atoms with E-state index in [1.807, 2.05) is 32.0 Å². The number of hydrogen-bond donors (Lipinski definition) is 1. The molecule has 27 heavy (non-hydrogen) atoms. The molecule has 1 heterocycles. The van der Waals surface area contributed by atoms with E-state index in [1.165, 1.54) is 4.31 Å². The molecule has 1 aliphatic heterocycles. The Labute approximate surface area is 165 Å². The molecule has 7 heteroatoms. The molecule has 1 aliphatic rings. The molecule has 0 saturated carbocycles. The highest BCUT2D eigenvalue weighted by Crippen LogP contribution is 2.28. The third kappa shape index (κ3) is 4.18. The molecule has 0 bridgehead atoms. The molecule has 0 spiro atoms. The Morgan fingerprint density at radius 3 is 2.52 bits per heavy atom. The number of aryl methyl sites for hydroxylation is 1. The molecular formula is C20H23ClN2O3S. The molecule has 1 fully saturated rings. The first-order chi connectivity index (χ1) is 12.8. The highest BCUT2D eigenvalue weighted by molar-refractivity contribution is 7.89. The quantitative estimate of drug-likeness (QED) is 0.823. The topological polar surface area (TPSA) is 66.5 Å². The number of nitrogens with one attached hydrogen (secondary N) is 1. The van der Waals surface area contributed by atoms with Crippen molar-refractivity contribution in [2.24, 2.45) is 0 Å². The molecule has 5 nitrogen and oxygen atoms in total. The minimum atomic E-state index is -3.71. The van der Waals surface area contributed by atoms with Crippen LogP contribution in [0.1, 0.15) is 36.9 Å². The zero-order chi connectivity index (χ0) is 19.6. The number of nitrogens with zero attached hydrogens (tertiary/aromatic N) is 1. The van der Waals surface area contributed by atoms with Gasteiger partial charge in [-0.05, 0) is 50.5 Å². The van der Waals surface area contributed by atoms with Crippen LogP contribution in [0.2, 0.25) is 5.02 Å². The molecule has 1 amide bonds. The van der Waals surface area contributed by atoms with Crippen molar-refractivity contribution >= 4 is 27.5 Å². The Bertz CT molecular complexity index is 928. The molecule has 0 radical (unpaired) electrons. The van der Waals surface area contributed by atoms with Gasteiger partial charge in [0, 0.05) is 11.6 Å². The summed E-state index contributed by atoms with van der Waals surface area (Å²) in [5.41, 5.74) is 1.79. The van der Waals surface area contributed by atoms with Crippen molar-refractivity contribution in [1.29, 1.82) is 0 Å². The van der Waals surface area contributed by atoms with Gasteiger partial charge in [0.15, 0.2) is 0 Å². The van der Waals surface area contributed by atoms with Gasteiger partial charge in [0.1, 0.15) is 6.04 Å². The maximum absolute atomic E-state index is 13.0. The van der Waals surface area contributed by atoms with E-state index in [0.717, 1.165) is 11.1 Å². The van der Waals surface area contributed by atoms with Crippen LogP contribution in [0.25, 0.3) is 0 Å². The van der Waals surface area contributed by atoms with Gasteiger partial charge < -0.3 is 5.32 Å². The third-order valence-electron chi connectivity index (χ3n) is 4.86. The number of carbonyl (C=O) groups excluding carboxylic acids is 1. The Hall–Kier alpha value is -1.89. The highest BCUT2D eigenvalue weighted by atomic mass is 35.5. The predicted octanol–water partition coefficient (Wildman–Crippen LogP) is 3.68. The van der Waals surface area contributed by atoms with Crippen LogP contribution in [0.15, 0.2) is 53.4 Å². The van der Waals surface area contributed by atoms with Gasteiger partial charge in [-0.15, -0.1) is 0 Å². The lowest BCUT2D eigenvalue weighted by molar-refractivity contribution is -0.124. The summed E-state index contributed by atoms with van der Waals surface area (Å²) >= 11 is 6.20. The van der Waals surface area contributed by atoms with Gasteiger partial charge in [-0.3, -0.25) is 4.79 Å². The number of rotatable bonds is 5. The number of amides is 1. The molecule has 0 aromatic heterocycles. The minimum Gasteiger partial charge on any atom is -0.348 e. The van der Waals surface area contributed by atoms with Crippen LogP contribution >= 0.6 is 11.6 Å². The Morgan fingerprint density at radius 1 is 1.19 bits per heavy atom. The molecule has 2 unspecified atom stereocenters. The maximum atomic E-state index is 13.0. The van der Waals surface area contributed by atoms with Crippen LogP contribution in [0, 0.1) is 6.92 Å². The summed E-state index contributed by atoms with van der Waals surface area (Å²) in [7, 11) is -3.71. The van der Waals surface area contributed by atoms with E-state index in [4.69, 9.17) is 11.6 Å². The van der Waals surface area contributed by atoms with E-state index in [9.17, 15) is 13.2 Å². The van der Waals surface area contributed by atoms with Gasteiger partial charge >= 0.3 is 0 Å². The van der Waals surface area contributed by atoms with Crippen molar-refractivity contribution in [2.45, 2.75) is 43.7 Å². The fourth-order valence-electron chi connectivity index (χ4n) is 3.35. The standard InChI is InChI=1S/C20H23ClN2O3S/c1-14-9-11-16(12-10-14)27(25,26)23-13-5-8-19(23)20(24)22-15(2)17-6-3-4-7-18(17)21/h3-4,6-7,9-12,15,19H,5,8,13H2,1-2H3,(H,22,24). The summed E-state index contributed by atoms with van der Waals surface area (Å²) in [5, 5.41) is 3.48. The fourth-order valence-corrected chi connectivity index (χ4v) is 5.30. The predicted molar refractivity (Wildman–Crippen MR) is 106 cm³/mol. The maximum Gasteiger partial charge on any atom is 0.243 e. The lowest BCUT2D eigenvalue weighted by Crippen LogP contribution is -2.46. The number of sulfonamides is 1. The number of carbonyl (C=O) groups is 1. The summed E-state index contributed by atoms with van der Waals surface area (Å²) in [4.78, 5) is 13.0. The molecule has 1 N–H and O–H groups in total. The van der Waals surface area contributed by atoms with Crippen LogP contribution in [-0.2, 0) is 14.8 Å². The van der Waals surface area contributed by atoms with Crippen molar-refractivity contribution in [3.05, 3.63) is 64.7 Å². The molecule has 2 atom stereocenters. The van der Waals surface area contributed by atoms with Crippen LogP contribution in [0.4, 0.5) is 0 Å². The molecule has 144 valence electrons. The average molecular weight is 407 g/mol. The molecule has 1 saturated heterocycles. The van der Waals surface area contributed by atoms with Gasteiger partial charge in [0.05, 0.1) is 10.9 Å². The lowest BCUT2D eigenvalue weighted by Gasteiger charge is -2.25. The van der Waals surface area contributed by atoms with Crippen molar-refractivity contribution < 1.29 is 13.2 Å². The summed E-state index contributed by atoms with van der Waals surface area (Å²) in [6.07, 6.45) is 1.16. The molecule has 2 aromatic carbocycles. The summed E-state index contributed by atoms with van der Waals surface area (Å²) in [5.74, 6) is -0.296. The SMILES string of the molecule is Cc1ccc(S(=O)(=O)N2CCCC2C(=O)NC(C)c2ccccc2Cl)cc1. The van der Waals surface area contributed by atoms with Gasteiger partial charge in [0.2, 0.25) is 15.9 Å². The number of halogens is 1. The van der Waals surface area contributed by atoms with E-state index in [0.29, 0.717) is 24.4 Å². The molecule has 0 aliphatic carbocycles. The smallest absolute Gasteiger partial charge is 0.243 e. The van der Waals surface area contributed by atoms with E-state index in [-0.39, 0.29) is 16.8 Å². The van der Waals surface area contributed by atoms with Crippen LogP contribution in [0.5, 0.6) is 0 Å². The Balaban J connectivity index is 1.78. The zero-order valence-corrected chi connectivity index (χ0v) is 16.9. The van der Waals surface area contributed by atoms with E-state index in [2.05, 4.69) is 5.32 Å². The van der Waals surface area contributed by atoms with E-state index >= 15 is 0 Å². The van der Waals surface area contributed by atoms with Crippen LogP contribution in [0.3, 0.4) is 0 Å². The first-order valence-corrected chi connectivity index (χ1v) is 10.8. The summed E-state index contributed by atoms with van der Waals surface area (Å²) < 4.78 is 27.3. The summed E-state index contributed by atoms with van der Waals surface area (Å²) in [6, 6.07) is 13.0. The van der Waals surface area contributed by atoms with Gasteiger partial charge in [-0.2, -0.15) is 4.31 Å². The first kappa shape index (κ1) is 19.9. The van der Waals surface area contributed by atoms with Gasteiger partial charge in [-0.25, -0.2) is 8.42 Å². The fraction of sp³-hybridized carbons (Fsp3) is 0.350. The largest absolute Gasteiger partial charge is 0.348 e. The molecular weight excluding hydrogens is 384 g/mol. The van der Waals surface area contributed by atoms with Crippen LogP contribution in [-0.4, -0.2) is 31.2 Å². The Kier molecular flexibility index (Phi) is 5.89. The van der Waals surface area contributed by atoms with Gasteiger partial charge in [0.25, 0.3) is 0 Å². The molecule has 2 aromatic rings. The van der Waals surface area contributed by atoms with Crippen LogP contribution < -0.4 is 5.32 Å². The van der Waals surface area contributed by atoms with Crippen molar-refractivity contribution in [3.8, 4) is 0 Å². The minimum absolute atomic E-state index is 0.215. The van der Waals surface area contributed by atoms with Crippen molar-refractivity contribution in [3.63, 3.8) is 0 Å². The normalized spacial score (nSPS) is 19.0. The second-order valence-corrected chi connectivity index (χ2v) is 9.14. The Morgan fingerprint density at radius 2 is 1.85 bits per heavy atom. The monoisotopic (exact) mass is 406 g/mol. The second-order valence-electron chi connectivity index (χ2n) is 6.84. The van der Waals surface area contributed by atoms with Crippen molar-refractivity contribution in [1.82, 2.24) is 9.62 Å². The van der Waals surface area contributed by atoms with Gasteiger partial charge in [-0.1, -0.05) is 47.5 Å². The van der Waals surface area contributed by atoms with E-state index < -0.39 is 16.1 Å². The second kappa shape index (κ2) is 8.00. The zero-order valence-electron chi connectivity index (χ0n) is 15.4. The third-order valence-corrected chi connectivity index (χ3v) is 7.13. The van der Waals surface area contributed by atoms with Crippen molar-refractivity contribution in [2.75, 3.05) is 6.54 Å². The highest BCUT2D eigenvalue weighted by Gasteiger charge is 2.39. The van der Waals surface area contributed by atoms with E-state index in [1.54, 1.807) is 30.3 Å². The molecule has 3 rings (SSSR count). The first-order valence-electron chi connectivity index (χ1n) is 8.94. The lowest BCUT2D eigenvalue weighted by atomic mass is 10.1. The summed E-state index contributed by atoms with van der Waals surface area (Å²) in [6.45, 7) is 4.08. The number of hydrogen-bond acceptors (Lipinski definition) is 3. The number of benzene rings is 2. The average Bonchev–Trinajstić information content (AvgIpc) is 3.13.